The fourth-order valence-corrected chi connectivity index (χ4v) is 3.16. The number of rotatable bonds is 8. The van der Waals surface area contributed by atoms with Gasteiger partial charge in [0.15, 0.2) is 6.10 Å². The van der Waals surface area contributed by atoms with Gasteiger partial charge in [0.1, 0.15) is 17.3 Å². The van der Waals surface area contributed by atoms with Gasteiger partial charge in [-0.3, -0.25) is 0 Å². The normalized spacial score (nSPS) is 13.2. The molecule has 0 radical (unpaired) electrons. The van der Waals surface area contributed by atoms with Crippen LogP contribution in [0.3, 0.4) is 0 Å². The third-order valence-electron chi connectivity index (χ3n) is 4.85. The fraction of sp³-hybridized carbons (Fsp3) is 0.261. The molecule has 0 aliphatic rings. The summed E-state index contributed by atoms with van der Waals surface area (Å²) in [6.45, 7) is -2.01. The molecule has 38 heavy (non-hydrogen) atoms. The van der Waals surface area contributed by atoms with Gasteiger partial charge in [0.2, 0.25) is 5.88 Å². The largest absolute Gasteiger partial charge is 0.574 e. The molecule has 0 amide bonds. The van der Waals surface area contributed by atoms with Crippen LogP contribution in [0.1, 0.15) is 11.1 Å². The van der Waals surface area contributed by atoms with Crippen molar-refractivity contribution < 1.29 is 58.5 Å². The lowest BCUT2D eigenvalue weighted by molar-refractivity contribution is -0.276. The number of pyridine rings is 1. The summed E-state index contributed by atoms with van der Waals surface area (Å²) in [5.74, 6) is -2.32. The SMILES string of the molecule is OC(CN(Cc1cc(C(F)(F)F)ccc1F)c1cccc(Oc2ccnc(OC(F)(F)F)c2)c1)C(F)(F)F. The van der Waals surface area contributed by atoms with Crippen molar-refractivity contribution in [1.29, 1.82) is 0 Å². The average molecular weight is 558 g/mol. The van der Waals surface area contributed by atoms with Crippen LogP contribution in [0.5, 0.6) is 17.4 Å². The maximum absolute atomic E-state index is 14.3. The number of hydrogen-bond acceptors (Lipinski definition) is 5. The van der Waals surface area contributed by atoms with Crippen molar-refractivity contribution in [3.05, 3.63) is 77.7 Å². The number of aliphatic hydroxyl groups excluding tert-OH is 1. The minimum absolute atomic E-state index is 0.123. The minimum Gasteiger partial charge on any atom is -0.457 e. The lowest BCUT2D eigenvalue weighted by atomic mass is 10.1. The van der Waals surface area contributed by atoms with Gasteiger partial charge in [0.05, 0.1) is 12.1 Å². The molecule has 3 aromatic rings. The molecule has 0 bridgehead atoms. The van der Waals surface area contributed by atoms with Gasteiger partial charge < -0.3 is 19.5 Å². The summed E-state index contributed by atoms with van der Waals surface area (Å²) in [7, 11) is 0. The molecule has 3 rings (SSSR count). The van der Waals surface area contributed by atoms with Crippen LogP contribution >= 0.6 is 0 Å². The molecule has 15 heteroatoms. The molecule has 1 heterocycles. The van der Waals surface area contributed by atoms with Crippen LogP contribution in [0.2, 0.25) is 0 Å². The number of nitrogens with zero attached hydrogens (tertiary/aromatic N) is 2. The van der Waals surface area contributed by atoms with Crippen molar-refractivity contribution in [3.8, 4) is 17.4 Å². The Labute approximate surface area is 207 Å². The number of benzene rings is 2. The van der Waals surface area contributed by atoms with Crippen LogP contribution in [0, 0.1) is 5.82 Å². The number of halogens is 10. The average Bonchev–Trinajstić information content (AvgIpc) is 2.77. The molecule has 1 unspecified atom stereocenters. The van der Waals surface area contributed by atoms with Gasteiger partial charge in [-0.15, -0.1) is 13.2 Å². The Hall–Kier alpha value is -3.75. The zero-order valence-corrected chi connectivity index (χ0v) is 18.7. The van der Waals surface area contributed by atoms with Crippen LogP contribution in [0.4, 0.5) is 49.6 Å². The van der Waals surface area contributed by atoms with Gasteiger partial charge in [-0.25, -0.2) is 9.37 Å². The summed E-state index contributed by atoms with van der Waals surface area (Å²) < 4.78 is 139. The maximum atomic E-state index is 14.3. The summed E-state index contributed by atoms with van der Waals surface area (Å²) in [5, 5.41) is 9.59. The summed E-state index contributed by atoms with van der Waals surface area (Å²) in [5.41, 5.74) is -1.98. The molecule has 2 aromatic carbocycles. The van der Waals surface area contributed by atoms with Gasteiger partial charge >= 0.3 is 18.7 Å². The number of alkyl halides is 9. The van der Waals surface area contributed by atoms with E-state index < -0.39 is 60.7 Å². The quantitative estimate of drug-likeness (QED) is 0.306. The first-order chi connectivity index (χ1) is 17.5. The van der Waals surface area contributed by atoms with Crippen molar-refractivity contribution in [2.24, 2.45) is 0 Å². The smallest absolute Gasteiger partial charge is 0.457 e. The van der Waals surface area contributed by atoms with Crippen molar-refractivity contribution in [3.63, 3.8) is 0 Å². The minimum atomic E-state index is -5.11. The highest BCUT2D eigenvalue weighted by Gasteiger charge is 2.39. The third kappa shape index (κ3) is 8.13. The standard InChI is InChI=1S/C23H16F10N2O3/c24-18-5-4-14(21(25,26)27)8-13(18)11-35(12-19(36)22(28,29)30)15-2-1-3-16(9-15)37-17-6-7-34-20(10-17)38-23(31,32)33/h1-10,19,36H,11-12H2. The molecule has 1 atom stereocenters. The second-order valence-electron chi connectivity index (χ2n) is 7.72. The van der Waals surface area contributed by atoms with Crippen molar-refractivity contribution >= 4 is 5.69 Å². The van der Waals surface area contributed by atoms with E-state index in [4.69, 9.17) is 4.74 Å². The fourth-order valence-electron chi connectivity index (χ4n) is 3.16. The molecule has 0 aliphatic heterocycles. The first kappa shape index (κ1) is 28.8. The van der Waals surface area contributed by atoms with E-state index in [9.17, 15) is 49.0 Å². The molecule has 1 N–H and O–H groups in total. The Bertz CT molecular complexity index is 1250. The van der Waals surface area contributed by atoms with Crippen LogP contribution in [0.25, 0.3) is 0 Å². The van der Waals surface area contributed by atoms with Gasteiger partial charge in [0, 0.05) is 36.1 Å². The lowest BCUT2D eigenvalue weighted by Crippen LogP contribution is -2.41. The number of ether oxygens (including phenoxy) is 2. The van der Waals surface area contributed by atoms with E-state index in [0.29, 0.717) is 18.2 Å². The first-order valence-corrected chi connectivity index (χ1v) is 10.4. The predicted octanol–water partition coefficient (Wildman–Crippen LogP) is 6.86. The van der Waals surface area contributed by atoms with E-state index in [2.05, 4.69) is 9.72 Å². The summed E-state index contributed by atoms with van der Waals surface area (Å²) in [4.78, 5) is 4.14. The molecular formula is C23H16F10N2O3. The Morgan fingerprint density at radius 3 is 2.18 bits per heavy atom. The van der Waals surface area contributed by atoms with Gasteiger partial charge in [-0.2, -0.15) is 26.3 Å². The molecule has 0 saturated heterocycles. The van der Waals surface area contributed by atoms with E-state index in [-0.39, 0.29) is 17.2 Å². The molecule has 5 nitrogen and oxygen atoms in total. The molecule has 0 fully saturated rings. The Kier molecular flexibility index (Phi) is 8.29. The molecule has 1 aromatic heterocycles. The lowest BCUT2D eigenvalue weighted by Gasteiger charge is -2.29. The van der Waals surface area contributed by atoms with Crippen molar-refractivity contribution in [2.75, 3.05) is 11.4 Å². The van der Waals surface area contributed by atoms with E-state index in [1.165, 1.54) is 18.2 Å². The molecule has 0 spiro atoms. The van der Waals surface area contributed by atoms with Crippen molar-refractivity contribution in [1.82, 2.24) is 4.98 Å². The van der Waals surface area contributed by atoms with E-state index in [1.54, 1.807) is 0 Å². The number of hydrogen-bond donors (Lipinski definition) is 1. The Morgan fingerprint density at radius 2 is 1.55 bits per heavy atom. The molecule has 206 valence electrons. The zero-order chi connectivity index (χ0) is 28.3. The van der Waals surface area contributed by atoms with Gasteiger partial charge in [-0.05, 0) is 36.4 Å². The van der Waals surface area contributed by atoms with E-state index in [1.807, 2.05) is 0 Å². The highest BCUT2D eigenvalue weighted by molar-refractivity contribution is 5.52. The van der Waals surface area contributed by atoms with Crippen LogP contribution in [-0.2, 0) is 12.7 Å². The zero-order valence-electron chi connectivity index (χ0n) is 18.7. The first-order valence-electron chi connectivity index (χ1n) is 10.4. The topological polar surface area (TPSA) is 54.8 Å². The number of anilines is 1. The van der Waals surface area contributed by atoms with Crippen LogP contribution < -0.4 is 14.4 Å². The summed E-state index contributed by atoms with van der Waals surface area (Å²) in [6.07, 6.45) is -17.0. The maximum Gasteiger partial charge on any atom is 0.574 e. The monoisotopic (exact) mass is 558 g/mol. The Morgan fingerprint density at radius 1 is 0.868 bits per heavy atom. The van der Waals surface area contributed by atoms with Crippen LogP contribution in [0.15, 0.2) is 60.8 Å². The second-order valence-corrected chi connectivity index (χ2v) is 7.72. The van der Waals surface area contributed by atoms with Crippen LogP contribution in [-0.4, -0.2) is 35.3 Å². The Balaban J connectivity index is 1.93. The van der Waals surface area contributed by atoms with E-state index in [0.717, 1.165) is 29.3 Å². The molecule has 0 saturated carbocycles. The van der Waals surface area contributed by atoms with E-state index >= 15 is 0 Å². The molecular weight excluding hydrogens is 542 g/mol. The van der Waals surface area contributed by atoms with Gasteiger partial charge in [0.25, 0.3) is 0 Å². The van der Waals surface area contributed by atoms with Gasteiger partial charge in [-0.1, -0.05) is 6.07 Å². The van der Waals surface area contributed by atoms with Crippen molar-refractivity contribution in [2.45, 2.75) is 31.4 Å². The second kappa shape index (κ2) is 10.9. The summed E-state index contributed by atoms with van der Waals surface area (Å²) in [6, 6.07) is 8.19. The third-order valence-corrected chi connectivity index (χ3v) is 4.85. The molecule has 0 aliphatic carbocycles. The number of aliphatic hydroxyl groups is 1. The highest BCUT2D eigenvalue weighted by atomic mass is 19.4. The predicted molar refractivity (Wildman–Crippen MR) is 112 cm³/mol. The number of aromatic nitrogens is 1. The highest BCUT2D eigenvalue weighted by Crippen LogP contribution is 2.33. The summed E-state index contributed by atoms with van der Waals surface area (Å²) >= 11 is 0.